The van der Waals surface area contributed by atoms with Gasteiger partial charge in [-0.05, 0) is 30.3 Å². The van der Waals surface area contributed by atoms with Crippen LogP contribution in [0.5, 0.6) is 11.5 Å². The van der Waals surface area contributed by atoms with Gasteiger partial charge in [0.05, 0.1) is 32.0 Å². The third kappa shape index (κ3) is 3.02. The van der Waals surface area contributed by atoms with Crippen LogP contribution in [0.1, 0.15) is 5.56 Å². The summed E-state index contributed by atoms with van der Waals surface area (Å²) in [5, 5.41) is 14.0. The van der Waals surface area contributed by atoms with Gasteiger partial charge in [0.25, 0.3) is 0 Å². The highest BCUT2D eigenvalue weighted by atomic mass is 79.9. The molecule has 0 saturated carbocycles. The molecule has 0 radical (unpaired) electrons. The summed E-state index contributed by atoms with van der Waals surface area (Å²) in [6.07, 6.45) is 0. The van der Waals surface area contributed by atoms with Crippen LogP contribution < -0.4 is 9.47 Å². The van der Waals surface area contributed by atoms with Crippen LogP contribution in [0.3, 0.4) is 0 Å². The minimum atomic E-state index is -0.204. The number of aliphatic hydroxyl groups is 1. The molecule has 0 amide bonds. The van der Waals surface area contributed by atoms with E-state index >= 15 is 0 Å². The van der Waals surface area contributed by atoms with E-state index < -0.39 is 0 Å². The van der Waals surface area contributed by atoms with E-state index in [1.807, 2.05) is 24.3 Å². The Morgan fingerprint density at radius 3 is 2.46 bits per heavy atom. The normalized spacial score (nSPS) is 10.7. The summed E-state index contributed by atoms with van der Waals surface area (Å²) in [5.41, 5.74) is 2.74. The first-order valence-corrected chi connectivity index (χ1v) is 8.05. The van der Waals surface area contributed by atoms with Gasteiger partial charge in [-0.15, -0.1) is 0 Å². The molecule has 0 aliphatic heterocycles. The van der Waals surface area contributed by atoms with Crippen LogP contribution in [0.15, 0.2) is 51.5 Å². The van der Waals surface area contributed by atoms with Crippen LogP contribution in [0, 0.1) is 0 Å². The van der Waals surface area contributed by atoms with Gasteiger partial charge in [-0.1, -0.05) is 33.2 Å². The maximum absolute atomic E-state index is 9.87. The summed E-state index contributed by atoms with van der Waals surface area (Å²) >= 11 is 3.41. The number of rotatable bonds is 5. The Morgan fingerprint density at radius 2 is 1.83 bits per heavy atom. The smallest absolute Gasteiger partial charge is 0.176 e. The lowest BCUT2D eigenvalue weighted by Crippen LogP contribution is -1.93. The minimum Gasteiger partial charge on any atom is -0.497 e. The molecule has 0 bridgehead atoms. The highest BCUT2D eigenvalue weighted by molar-refractivity contribution is 9.10. The van der Waals surface area contributed by atoms with Gasteiger partial charge in [-0.25, -0.2) is 0 Å². The van der Waals surface area contributed by atoms with Gasteiger partial charge < -0.3 is 19.1 Å². The van der Waals surface area contributed by atoms with Crippen molar-refractivity contribution in [1.82, 2.24) is 5.16 Å². The highest BCUT2D eigenvalue weighted by Gasteiger charge is 2.21. The van der Waals surface area contributed by atoms with Gasteiger partial charge in [0.1, 0.15) is 17.2 Å². The number of aromatic nitrogens is 1. The monoisotopic (exact) mass is 389 g/mol. The molecule has 6 heteroatoms. The van der Waals surface area contributed by atoms with Crippen molar-refractivity contribution in [1.29, 1.82) is 0 Å². The zero-order valence-electron chi connectivity index (χ0n) is 13.2. The van der Waals surface area contributed by atoms with E-state index in [1.165, 1.54) is 0 Å². The van der Waals surface area contributed by atoms with Crippen molar-refractivity contribution in [2.45, 2.75) is 6.61 Å². The molecule has 5 nitrogen and oxygen atoms in total. The second-order valence-corrected chi connectivity index (χ2v) is 5.99. The molecule has 124 valence electrons. The third-order valence-corrected chi connectivity index (χ3v) is 4.24. The maximum Gasteiger partial charge on any atom is 0.176 e. The molecule has 1 aromatic heterocycles. The van der Waals surface area contributed by atoms with E-state index in [1.54, 1.807) is 32.4 Å². The van der Waals surface area contributed by atoms with Crippen molar-refractivity contribution < 1.29 is 19.1 Å². The van der Waals surface area contributed by atoms with Gasteiger partial charge in [0.2, 0.25) is 0 Å². The van der Waals surface area contributed by atoms with Crippen LogP contribution in [-0.4, -0.2) is 24.5 Å². The molecule has 0 spiro atoms. The van der Waals surface area contributed by atoms with Crippen LogP contribution >= 0.6 is 15.9 Å². The highest BCUT2D eigenvalue weighted by Crippen LogP contribution is 2.39. The average Bonchev–Trinajstić information content (AvgIpc) is 3.05. The van der Waals surface area contributed by atoms with E-state index in [0.29, 0.717) is 34.1 Å². The Hall–Kier alpha value is -2.31. The Bertz CT molecular complexity index is 843. The molecule has 0 unspecified atom stereocenters. The van der Waals surface area contributed by atoms with E-state index in [2.05, 4.69) is 21.1 Å². The molecule has 0 saturated heterocycles. The van der Waals surface area contributed by atoms with Crippen molar-refractivity contribution in [2.75, 3.05) is 14.2 Å². The topological polar surface area (TPSA) is 64.7 Å². The second kappa shape index (κ2) is 7.07. The SMILES string of the molecule is COc1ccc(OC)c(-c2onc(-c3ccc(Br)cc3)c2CO)c1. The zero-order chi connectivity index (χ0) is 17.1. The van der Waals surface area contributed by atoms with Crippen LogP contribution in [-0.2, 0) is 6.61 Å². The molecule has 3 rings (SSSR count). The minimum absolute atomic E-state index is 0.204. The van der Waals surface area contributed by atoms with Crippen molar-refractivity contribution in [3.63, 3.8) is 0 Å². The lowest BCUT2D eigenvalue weighted by atomic mass is 10.0. The zero-order valence-corrected chi connectivity index (χ0v) is 14.8. The third-order valence-electron chi connectivity index (χ3n) is 3.72. The second-order valence-electron chi connectivity index (χ2n) is 5.07. The Labute approximate surface area is 147 Å². The predicted molar refractivity (Wildman–Crippen MR) is 94.1 cm³/mol. The quantitative estimate of drug-likeness (QED) is 0.705. The molecule has 24 heavy (non-hydrogen) atoms. The molecule has 2 aromatic carbocycles. The van der Waals surface area contributed by atoms with Crippen LogP contribution in [0.25, 0.3) is 22.6 Å². The summed E-state index contributed by atoms with van der Waals surface area (Å²) in [5.74, 6) is 1.74. The molecule has 0 aliphatic carbocycles. The molecule has 1 heterocycles. The number of hydrogen-bond donors (Lipinski definition) is 1. The summed E-state index contributed by atoms with van der Waals surface area (Å²) < 4.78 is 17.2. The number of methoxy groups -OCH3 is 2. The molecule has 0 fully saturated rings. The Kier molecular flexibility index (Phi) is 4.87. The van der Waals surface area contributed by atoms with E-state index in [-0.39, 0.29) is 6.61 Å². The van der Waals surface area contributed by atoms with Crippen LogP contribution in [0.2, 0.25) is 0 Å². The first-order valence-electron chi connectivity index (χ1n) is 7.25. The molecule has 0 atom stereocenters. The standard InChI is InChI=1S/C18H16BrNO4/c1-22-13-7-8-16(23-2)14(9-13)18-15(10-21)17(20-24-18)11-3-5-12(19)6-4-11/h3-9,21H,10H2,1-2H3. The number of benzene rings is 2. The average molecular weight is 390 g/mol. The van der Waals surface area contributed by atoms with Gasteiger partial charge in [-0.3, -0.25) is 0 Å². The lowest BCUT2D eigenvalue weighted by Gasteiger charge is -2.09. The summed E-state index contributed by atoms with van der Waals surface area (Å²) in [4.78, 5) is 0. The molecular formula is C18H16BrNO4. The number of ether oxygens (including phenoxy) is 2. The Morgan fingerprint density at radius 1 is 1.08 bits per heavy atom. The summed E-state index contributed by atoms with van der Waals surface area (Å²) in [6, 6.07) is 13.0. The fourth-order valence-corrected chi connectivity index (χ4v) is 2.76. The summed E-state index contributed by atoms with van der Waals surface area (Å²) in [7, 11) is 3.17. The van der Waals surface area contributed by atoms with E-state index in [0.717, 1.165) is 10.0 Å². The molecule has 0 aliphatic rings. The molecular weight excluding hydrogens is 374 g/mol. The first-order chi connectivity index (χ1) is 11.7. The van der Waals surface area contributed by atoms with Gasteiger partial charge >= 0.3 is 0 Å². The number of aliphatic hydroxyl groups excluding tert-OH is 1. The van der Waals surface area contributed by atoms with E-state index in [9.17, 15) is 5.11 Å². The Balaban J connectivity index is 2.15. The van der Waals surface area contributed by atoms with Gasteiger partial charge in [0, 0.05) is 10.0 Å². The number of nitrogens with zero attached hydrogens (tertiary/aromatic N) is 1. The molecule has 3 aromatic rings. The summed E-state index contributed by atoms with van der Waals surface area (Å²) in [6.45, 7) is -0.204. The fourth-order valence-electron chi connectivity index (χ4n) is 2.49. The number of hydrogen-bond acceptors (Lipinski definition) is 5. The van der Waals surface area contributed by atoms with Gasteiger partial charge in [-0.2, -0.15) is 0 Å². The largest absolute Gasteiger partial charge is 0.497 e. The van der Waals surface area contributed by atoms with Crippen molar-refractivity contribution >= 4 is 15.9 Å². The first kappa shape index (κ1) is 16.5. The van der Waals surface area contributed by atoms with Crippen LogP contribution in [0.4, 0.5) is 0 Å². The maximum atomic E-state index is 9.87. The molecule has 1 N–H and O–H groups in total. The van der Waals surface area contributed by atoms with Crippen molar-refractivity contribution in [3.8, 4) is 34.1 Å². The number of halogens is 1. The lowest BCUT2D eigenvalue weighted by molar-refractivity contribution is 0.281. The fraction of sp³-hybridized carbons (Fsp3) is 0.167. The predicted octanol–water partition coefficient (Wildman–Crippen LogP) is 4.28. The van der Waals surface area contributed by atoms with Crippen molar-refractivity contribution in [3.05, 3.63) is 52.5 Å². The van der Waals surface area contributed by atoms with Gasteiger partial charge in [0.15, 0.2) is 5.76 Å². The van der Waals surface area contributed by atoms with E-state index in [4.69, 9.17) is 14.0 Å². The van der Waals surface area contributed by atoms with Crippen molar-refractivity contribution in [2.24, 2.45) is 0 Å².